The van der Waals surface area contributed by atoms with Crippen LogP contribution in [-0.2, 0) is 11.8 Å². The lowest BCUT2D eigenvalue weighted by atomic mass is 9.87. The van der Waals surface area contributed by atoms with Crippen LogP contribution in [0.1, 0.15) is 40.2 Å². The fraction of sp³-hybridized carbons (Fsp3) is 0.116. The quantitative estimate of drug-likeness (QED) is 0.179. The van der Waals surface area contributed by atoms with Crippen LogP contribution in [0.3, 0.4) is 0 Å². The lowest BCUT2D eigenvalue weighted by molar-refractivity contribution is -0.567. The van der Waals surface area contributed by atoms with Gasteiger partial charge in [-0.05, 0) is 89.1 Å². The van der Waals surface area contributed by atoms with E-state index >= 15 is 0 Å². The first kappa shape index (κ1) is 26.2. The predicted octanol–water partition coefficient (Wildman–Crippen LogP) is 10.0. The van der Waals surface area contributed by atoms with Crippen molar-refractivity contribution in [2.75, 3.05) is 0 Å². The highest BCUT2D eigenvalue weighted by atomic mass is 16.3. The van der Waals surface area contributed by atoms with Gasteiger partial charge < -0.3 is 4.42 Å². The first-order valence-corrected chi connectivity index (χ1v) is 16.3. The average molecular weight is 626 g/mol. The molecule has 4 aromatic heterocycles. The van der Waals surface area contributed by atoms with E-state index in [0.717, 1.165) is 61.0 Å². The molecule has 0 unspecified atom stereocenters. The van der Waals surface area contributed by atoms with E-state index in [4.69, 9.17) is 9.40 Å². The maximum atomic E-state index is 9.53. The van der Waals surface area contributed by atoms with Gasteiger partial charge in [-0.1, -0.05) is 87.5 Å². The van der Waals surface area contributed by atoms with Crippen LogP contribution in [0, 0.1) is 0 Å². The third-order valence-corrected chi connectivity index (χ3v) is 9.28. The number of hydrogen-bond acceptors (Lipinski definition) is 2. The molecular formula is C43H35N4O+. The minimum Gasteiger partial charge on any atom is -0.463 e. The van der Waals surface area contributed by atoms with Crippen LogP contribution in [-0.4, -0.2) is 14.1 Å². The third kappa shape index (κ3) is 4.70. The fourth-order valence-corrected chi connectivity index (χ4v) is 6.82. The number of para-hydroxylation sites is 3. The second-order valence-electron chi connectivity index (χ2n) is 13.4. The molecule has 0 aliphatic rings. The molecule has 0 bridgehead atoms. The Balaban J connectivity index is 1.15. The molecule has 0 atom stereocenters. The predicted molar refractivity (Wildman–Crippen MR) is 195 cm³/mol. The summed E-state index contributed by atoms with van der Waals surface area (Å²) in [4.78, 5) is 4.75. The summed E-state index contributed by atoms with van der Waals surface area (Å²) in [5, 5.41) is 3.10. The Hall–Kier alpha value is -5.94. The fourth-order valence-electron chi connectivity index (χ4n) is 6.82. The van der Waals surface area contributed by atoms with Gasteiger partial charge in [-0.3, -0.25) is 4.57 Å². The SMILES string of the molecule is [2H]C([2H])(c1cccc(-n2c[n+](-c3ccc(C(C)(C)C)cc3)c3ccccc32)c1)c1ccc2c3ccccc3n(-c3cc4ccoc4cn3)c2c1. The normalized spacial score (nSPS) is 13.1. The van der Waals surface area contributed by atoms with Crippen LogP contribution in [0.15, 0.2) is 151 Å². The van der Waals surface area contributed by atoms with Crippen LogP contribution >= 0.6 is 0 Å². The Bertz CT molecular complexity index is 2730. The van der Waals surface area contributed by atoms with E-state index in [1.165, 1.54) is 5.56 Å². The van der Waals surface area contributed by atoms with Crippen molar-refractivity contribution in [1.29, 1.82) is 0 Å². The average Bonchev–Trinajstić information content (AvgIpc) is 3.85. The summed E-state index contributed by atoms with van der Waals surface area (Å²) in [6.07, 6.45) is 3.73. The minimum absolute atomic E-state index is 0.0726. The number of hydrogen-bond donors (Lipinski definition) is 0. The molecule has 0 aliphatic carbocycles. The molecule has 0 N–H and O–H groups in total. The van der Waals surface area contributed by atoms with Crippen molar-refractivity contribution >= 4 is 43.8 Å². The zero-order chi connectivity index (χ0) is 34.2. The molecule has 5 aromatic carbocycles. The van der Waals surface area contributed by atoms with E-state index in [9.17, 15) is 2.74 Å². The van der Waals surface area contributed by atoms with E-state index < -0.39 is 6.37 Å². The summed E-state index contributed by atoms with van der Waals surface area (Å²) in [7, 11) is 0. The maximum Gasteiger partial charge on any atom is 0.255 e. The molecular weight excluding hydrogens is 589 g/mol. The second-order valence-corrected chi connectivity index (χ2v) is 13.4. The summed E-state index contributed by atoms with van der Waals surface area (Å²) < 4.78 is 31.1. The monoisotopic (exact) mass is 625 g/mol. The van der Waals surface area contributed by atoms with Crippen LogP contribution < -0.4 is 4.57 Å². The van der Waals surface area contributed by atoms with Gasteiger partial charge in [0, 0.05) is 18.9 Å². The van der Waals surface area contributed by atoms with Crippen molar-refractivity contribution < 1.29 is 11.7 Å². The molecule has 0 aliphatic heterocycles. The third-order valence-electron chi connectivity index (χ3n) is 9.28. The standard InChI is InChI=1S/C43H35N4O/c1-43(2,3)32-16-18-33(19-17-32)45-28-46(39-14-7-6-13-38(39)45)34-10-8-9-29(24-34)23-30-15-20-36-35-11-4-5-12-37(35)47(40(36)25-30)42-26-31-21-22-48-41(31)27-44-42/h4-22,24-28H,23H2,1-3H3/q+1/i23D2. The Morgan fingerprint density at radius 2 is 1.50 bits per heavy atom. The molecule has 0 saturated heterocycles. The van der Waals surface area contributed by atoms with Gasteiger partial charge in [0.1, 0.15) is 17.2 Å². The summed E-state index contributed by atoms with van der Waals surface area (Å²) in [5.74, 6) is 0.755. The van der Waals surface area contributed by atoms with Gasteiger partial charge in [-0.2, -0.15) is 9.13 Å². The van der Waals surface area contributed by atoms with E-state index in [0.29, 0.717) is 11.1 Å². The highest BCUT2D eigenvalue weighted by Gasteiger charge is 2.21. The highest BCUT2D eigenvalue weighted by Crippen LogP contribution is 2.33. The number of aromatic nitrogens is 4. The summed E-state index contributed by atoms with van der Waals surface area (Å²) in [5.41, 5.74) is 9.22. The highest BCUT2D eigenvalue weighted by molar-refractivity contribution is 6.09. The second kappa shape index (κ2) is 10.8. The Morgan fingerprint density at radius 3 is 2.35 bits per heavy atom. The largest absolute Gasteiger partial charge is 0.463 e. The lowest BCUT2D eigenvalue weighted by Gasteiger charge is -2.18. The van der Waals surface area contributed by atoms with Crippen molar-refractivity contribution in [2.45, 2.75) is 32.6 Å². The first-order chi connectivity index (χ1) is 24.2. The van der Waals surface area contributed by atoms with Gasteiger partial charge in [0.2, 0.25) is 0 Å². The number of pyridine rings is 1. The summed E-state index contributed by atoms with van der Waals surface area (Å²) in [6, 6.07) is 43.0. The Kier molecular flexibility index (Phi) is 5.89. The Morgan fingerprint density at radius 1 is 0.729 bits per heavy atom. The van der Waals surface area contributed by atoms with Crippen molar-refractivity contribution in [1.82, 2.24) is 14.1 Å². The van der Waals surface area contributed by atoms with Gasteiger partial charge in [0.05, 0.1) is 23.5 Å². The van der Waals surface area contributed by atoms with Gasteiger partial charge in [0.15, 0.2) is 16.6 Å². The molecule has 4 heterocycles. The minimum atomic E-state index is -1.78. The van der Waals surface area contributed by atoms with Crippen LogP contribution in [0.25, 0.3) is 61.0 Å². The van der Waals surface area contributed by atoms with Crippen molar-refractivity contribution in [3.8, 4) is 17.2 Å². The van der Waals surface area contributed by atoms with Crippen LogP contribution in [0.5, 0.6) is 0 Å². The molecule has 5 nitrogen and oxygen atoms in total. The number of furan rings is 1. The van der Waals surface area contributed by atoms with E-state index in [2.05, 4.69) is 95.4 Å². The smallest absolute Gasteiger partial charge is 0.255 e. The molecule has 5 heteroatoms. The van der Waals surface area contributed by atoms with Gasteiger partial charge in [0.25, 0.3) is 6.33 Å². The number of rotatable bonds is 5. The summed E-state index contributed by atoms with van der Waals surface area (Å²) >= 11 is 0. The van der Waals surface area contributed by atoms with Gasteiger partial charge >= 0.3 is 0 Å². The van der Waals surface area contributed by atoms with Crippen LogP contribution in [0.2, 0.25) is 0 Å². The molecule has 9 rings (SSSR count). The Labute approximate surface area is 281 Å². The zero-order valence-electron chi connectivity index (χ0n) is 29.1. The zero-order valence-corrected chi connectivity index (χ0v) is 27.1. The van der Waals surface area contributed by atoms with Gasteiger partial charge in [-0.25, -0.2) is 4.98 Å². The maximum absolute atomic E-state index is 9.53. The first-order valence-electron chi connectivity index (χ1n) is 17.3. The van der Waals surface area contributed by atoms with Crippen molar-refractivity contribution in [3.05, 3.63) is 163 Å². The van der Waals surface area contributed by atoms with Crippen molar-refractivity contribution in [3.63, 3.8) is 0 Å². The number of nitrogens with zero attached hydrogens (tertiary/aromatic N) is 4. The topological polar surface area (TPSA) is 39.8 Å². The van der Waals surface area contributed by atoms with E-state index in [1.54, 1.807) is 12.5 Å². The molecule has 0 amide bonds. The van der Waals surface area contributed by atoms with Crippen molar-refractivity contribution in [2.24, 2.45) is 0 Å². The van der Waals surface area contributed by atoms with E-state index in [-0.39, 0.29) is 5.41 Å². The van der Waals surface area contributed by atoms with Gasteiger partial charge in [-0.15, -0.1) is 0 Å². The molecule has 48 heavy (non-hydrogen) atoms. The molecule has 0 radical (unpaired) electrons. The number of fused-ring (bicyclic) bond motifs is 5. The molecule has 0 fully saturated rings. The lowest BCUT2D eigenvalue weighted by Crippen LogP contribution is -2.29. The summed E-state index contributed by atoms with van der Waals surface area (Å²) in [6.45, 7) is 6.68. The molecule has 9 aromatic rings. The molecule has 0 spiro atoms. The van der Waals surface area contributed by atoms with E-state index in [1.807, 2.05) is 72.8 Å². The number of benzene rings is 5. The molecule has 232 valence electrons. The van der Waals surface area contributed by atoms with Crippen LogP contribution in [0.4, 0.5) is 0 Å². The number of imidazole rings is 1. The molecule has 0 saturated carbocycles.